The van der Waals surface area contributed by atoms with Crippen LogP contribution in [0, 0.1) is 0 Å². The molecule has 0 fully saturated rings. The number of rotatable bonds is 4. The highest BCUT2D eigenvalue weighted by Gasteiger charge is 2.32. The minimum absolute atomic E-state index is 0.0685. The molecule has 0 radical (unpaired) electrons. The van der Waals surface area contributed by atoms with Crippen molar-refractivity contribution in [2.75, 3.05) is 4.72 Å². The van der Waals surface area contributed by atoms with Gasteiger partial charge in [0.25, 0.3) is 15.6 Å². The summed E-state index contributed by atoms with van der Waals surface area (Å²) in [6, 6.07) is 9.06. The third kappa shape index (κ3) is 4.36. The minimum Gasteiger partial charge on any atom is -0.311 e. The SMILES string of the molecule is Cn1c(=O)c(-c2c(Cl)ccc(NS(=O)(=O)c3cccc(C(F)(F)F)c3)c2Cl)cc2cnccc21. The van der Waals surface area contributed by atoms with Gasteiger partial charge in [-0.25, -0.2) is 8.42 Å². The average molecular weight is 528 g/mol. The second-order valence-corrected chi connectivity index (χ2v) is 9.74. The molecule has 12 heteroatoms. The quantitative estimate of drug-likeness (QED) is 0.367. The monoisotopic (exact) mass is 527 g/mol. The van der Waals surface area contributed by atoms with E-state index in [4.69, 9.17) is 23.2 Å². The highest BCUT2D eigenvalue weighted by molar-refractivity contribution is 7.92. The number of halogens is 5. The van der Waals surface area contributed by atoms with Crippen LogP contribution in [0.1, 0.15) is 5.56 Å². The molecule has 2 heterocycles. The molecule has 0 bridgehead atoms. The summed E-state index contributed by atoms with van der Waals surface area (Å²) in [6.07, 6.45) is -1.65. The van der Waals surface area contributed by atoms with Crippen LogP contribution in [0.2, 0.25) is 10.0 Å². The van der Waals surface area contributed by atoms with E-state index in [2.05, 4.69) is 9.71 Å². The van der Waals surface area contributed by atoms with Crippen LogP contribution < -0.4 is 10.3 Å². The van der Waals surface area contributed by atoms with E-state index in [0.717, 1.165) is 18.2 Å². The van der Waals surface area contributed by atoms with E-state index in [1.54, 1.807) is 19.3 Å². The summed E-state index contributed by atoms with van der Waals surface area (Å²) in [6.45, 7) is 0. The van der Waals surface area contributed by atoms with E-state index >= 15 is 0 Å². The molecule has 1 N–H and O–H groups in total. The number of pyridine rings is 2. The Bertz CT molecular complexity index is 1600. The summed E-state index contributed by atoms with van der Waals surface area (Å²) in [5.74, 6) is 0. The van der Waals surface area contributed by atoms with E-state index in [9.17, 15) is 26.4 Å². The van der Waals surface area contributed by atoms with Crippen molar-refractivity contribution in [1.29, 1.82) is 0 Å². The number of hydrogen-bond donors (Lipinski definition) is 1. The number of hydrogen-bond acceptors (Lipinski definition) is 4. The van der Waals surface area contributed by atoms with E-state index in [1.807, 2.05) is 0 Å². The lowest BCUT2D eigenvalue weighted by Gasteiger charge is -2.16. The molecule has 0 saturated carbocycles. The minimum atomic E-state index is -4.72. The molecule has 6 nitrogen and oxygen atoms in total. The summed E-state index contributed by atoms with van der Waals surface area (Å²) in [7, 11) is -2.90. The number of nitrogens with one attached hydrogen (secondary N) is 1. The fourth-order valence-corrected chi connectivity index (χ4v) is 5.22. The number of aryl methyl sites for hydroxylation is 1. The first-order valence-electron chi connectivity index (χ1n) is 9.52. The smallest absolute Gasteiger partial charge is 0.311 e. The molecule has 0 aliphatic heterocycles. The van der Waals surface area contributed by atoms with Gasteiger partial charge in [0.1, 0.15) is 0 Å². The number of nitrogens with zero attached hydrogens (tertiary/aromatic N) is 2. The summed E-state index contributed by atoms with van der Waals surface area (Å²) < 4.78 is 68.3. The lowest BCUT2D eigenvalue weighted by molar-refractivity contribution is -0.137. The molecule has 0 saturated heterocycles. The number of aromatic nitrogens is 2. The molecule has 0 amide bonds. The first-order valence-corrected chi connectivity index (χ1v) is 11.8. The molecule has 2 aromatic heterocycles. The van der Waals surface area contributed by atoms with Crippen LogP contribution in [-0.4, -0.2) is 18.0 Å². The van der Waals surface area contributed by atoms with Gasteiger partial charge in [0, 0.05) is 30.4 Å². The van der Waals surface area contributed by atoms with Crippen molar-refractivity contribution in [2.24, 2.45) is 7.05 Å². The second-order valence-electron chi connectivity index (χ2n) is 7.27. The van der Waals surface area contributed by atoms with Gasteiger partial charge < -0.3 is 4.57 Å². The fourth-order valence-electron chi connectivity index (χ4n) is 3.42. The van der Waals surface area contributed by atoms with Crippen molar-refractivity contribution in [3.8, 4) is 11.1 Å². The summed E-state index contributed by atoms with van der Waals surface area (Å²) >= 11 is 12.8. The normalized spacial score (nSPS) is 12.2. The summed E-state index contributed by atoms with van der Waals surface area (Å²) in [5, 5.41) is 0.498. The second kappa shape index (κ2) is 8.61. The maximum absolute atomic E-state index is 13.0. The Kier molecular flexibility index (Phi) is 6.09. The Morgan fingerprint density at radius 3 is 2.50 bits per heavy atom. The fraction of sp³-hybridized carbons (Fsp3) is 0.0909. The zero-order chi connectivity index (χ0) is 24.8. The lowest BCUT2D eigenvalue weighted by atomic mass is 10.0. The van der Waals surface area contributed by atoms with Crippen molar-refractivity contribution in [3.63, 3.8) is 0 Å². The Balaban J connectivity index is 1.83. The standard InChI is InChI=1S/C22H14Cl2F3N3O3S/c1-30-18-7-8-28-11-12(18)9-15(21(30)31)19-16(23)5-6-17(20(19)24)29-34(32,33)14-4-2-3-13(10-14)22(25,26)27/h2-11,29H,1H3. The zero-order valence-electron chi connectivity index (χ0n) is 17.2. The van der Waals surface area contributed by atoms with Crippen LogP contribution in [0.3, 0.4) is 0 Å². The van der Waals surface area contributed by atoms with Gasteiger partial charge in [0.05, 0.1) is 37.3 Å². The highest BCUT2D eigenvalue weighted by Crippen LogP contribution is 2.40. The average Bonchev–Trinajstić information content (AvgIpc) is 2.78. The first-order chi connectivity index (χ1) is 15.9. The highest BCUT2D eigenvalue weighted by atomic mass is 35.5. The molecular weight excluding hydrogens is 514 g/mol. The number of fused-ring (bicyclic) bond motifs is 1. The molecule has 0 aliphatic carbocycles. The van der Waals surface area contributed by atoms with Crippen LogP contribution in [0.5, 0.6) is 0 Å². The lowest BCUT2D eigenvalue weighted by Crippen LogP contribution is -2.19. The van der Waals surface area contributed by atoms with E-state index in [1.165, 1.54) is 29.0 Å². The van der Waals surface area contributed by atoms with Crippen molar-refractivity contribution < 1.29 is 21.6 Å². The van der Waals surface area contributed by atoms with Crippen molar-refractivity contribution >= 4 is 49.8 Å². The maximum Gasteiger partial charge on any atom is 0.416 e. The van der Waals surface area contributed by atoms with Crippen LogP contribution in [0.4, 0.5) is 18.9 Å². The number of anilines is 1. The van der Waals surface area contributed by atoms with E-state index < -0.39 is 32.2 Å². The van der Waals surface area contributed by atoms with Gasteiger partial charge >= 0.3 is 6.18 Å². The molecular formula is C22H14Cl2F3N3O3S. The zero-order valence-corrected chi connectivity index (χ0v) is 19.5. The Morgan fingerprint density at radius 1 is 1.06 bits per heavy atom. The van der Waals surface area contributed by atoms with Gasteiger partial charge in [-0.3, -0.25) is 14.5 Å². The van der Waals surface area contributed by atoms with Crippen molar-refractivity contribution in [3.05, 3.63) is 86.9 Å². The molecule has 0 atom stereocenters. The molecule has 176 valence electrons. The maximum atomic E-state index is 13.0. The number of alkyl halides is 3. The molecule has 4 aromatic rings. The molecule has 0 unspecified atom stereocenters. The molecule has 34 heavy (non-hydrogen) atoms. The van der Waals surface area contributed by atoms with Gasteiger partial charge in [0.2, 0.25) is 0 Å². The number of sulfonamides is 1. The van der Waals surface area contributed by atoms with E-state index in [0.29, 0.717) is 17.0 Å². The Hall–Kier alpha value is -3.08. The van der Waals surface area contributed by atoms with Crippen LogP contribution in [0.25, 0.3) is 22.0 Å². The predicted octanol–water partition coefficient (Wildman–Crippen LogP) is 5.73. The first kappa shape index (κ1) is 24.1. The summed E-state index contributed by atoms with van der Waals surface area (Å²) in [4.78, 5) is 16.4. The third-order valence-electron chi connectivity index (χ3n) is 5.10. The van der Waals surface area contributed by atoms with Crippen molar-refractivity contribution in [1.82, 2.24) is 9.55 Å². The van der Waals surface area contributed by atoms with Crippen LogP contribution >= 0.6 is 23.2 Å². The van der Waals surface area contributed by atoms with Gasteiger partial charge in [-0.05, 0) is 42.5 Å². The Labute approximate surface area is 201 Å². The molecule has 2 aromatic carbocycles. The topological polar surface area (TPSA) is 81.1 Å². The van der Waals surface area contributed by atoms with Gasteiger partial charge in [-0.2, -0.15) is 13.2 Å². The third-order valence-corrected chi connectivity index (χ3v) is 7.17. The summed E-state index contributed by atoms with van der Waals surface area (Å²) in [5.41, 5.74) is -0.951. The number of benzene rings is 2. The molecule has 0 aliphatic rings. The van der Waals surface area contributed by atoms with E-state index in [-0.39, 0.29) is 26.9 Å². The van der Waals surface area contributed by atoms with Crippen molar-refractivity contribution in [2.45, 2.75) is 11.1 Å². The van der Waals surface area contributed by atoms with Gasteiger partial charge in [-0.1, -0.05) is 29.3 Å². The van der Waals surface area contributed by atoms with Gasteiger partial charge in [-0.15, -0.1) is 0 Å². The molecule has 0 spiro atoms. The van der Waals surface area contributed by atoms with Crippen LogP contribution in [-0.2, 0) is 23.2 Å². The molecule has 4 rings (SSSR count). The largest absolute Gasteiger partial charge is 0.416 e. The van der Waals surface area contributed by atoms with Crippen LogP contribution in [0.15, 0.2) is 70.6 Å². The van der Waals surface area contributed by atoms with Gasteiger partial charge in [0.15, 0.2) is 0 Å². The Morgan fingerprint density at radius 2 is 1.79 bits per heavy atom. The predicted molar refractivity (Wildman–Crippen MR) is 125 cm³/mol.